The van der Waals surface area contributed by atoms with Gasteiger partial charge in [0.1, 0.15) is 0 Å². The first-order valence-electron chi connectivity index (χ1n) is 10.3. The molecule has 0 bridgehead atoms. The fraction of sp³-hybridized carbons (Fsp3) is 0.909. The van der Waals surface area contributed by atoms with Gasteiger partial charge in [0.05, 0.1) is 0 Å². The molecule has 3 unspecified atom stereocenters. The molecule has 0 spiro atoms. The predicted molar refractivity (Wildman–Crippen MR) is 101 cm³/mol. The Hall–Kier alpha value is -0.260. The van der Waals surface area contributed by atoms with Crippen LogP contribution in [0.2, 0.25) is 0 Å². The maximum Gasteiger partial charge on any atom is -0.0320 e. The molecule has 3 atom stereocenters. The van der Waals surface area contributed by atoms with Crippen LogP contribution >= 0.6 is 0 Å². The van der Waals surface area contributed by atoms with Gasteiger partial charge in [0.25, 0.3) is 0 Å². The molecule has 0 nitrogen and oxygen atoms in total. The van der Waals surface area contributed by atoms with Crippen LogP contribution in [0.4, 0.5) is 0 Å². The van der Waals surface area contributed by atoms with Crippen molar-refractivity contribution in [3.8, 4) is 0 Å². The Morgan fingerprint density at radius 3 is 2.05 bits per heavy atom. The molecule has 0 amide bonds. The maximum atomic E-state index is 3.96. The summed E-state index contributed by atoms with van der Waals surface area (Å²) in [5.74, 6) is 3.85. The summed E-state index contributed by atoms with van der Waals surface area (Å²) in [7, 11) is 0. The first-order chi connectivity index (χ1) is 10.7. The number of unbranched alkanes of at least 4 members (excludes halogenated alkanes) is 5. The molecule has 0 aromatic rings. The van der Waals surface area contributed by atoms with E-state index in [2.05, 4.69) is 33.4 Å². The zero-order valence-electron chi connectivity index (χ0n) is 15.8. The second kappa shape index (κ2) is 12.2. The van der Waals surface area contributed by atoms with Crippen LogP contribution in [0.25, 0.3) is 0 Å². The van der Waals surface area contributed by atoms with Crippen molar-refractivity contribution in [3.63, 3.8) is 0 Å². The molecule has 1 aliphatic carbocycles. The van der Waals surface area contributed by atoms with Crippen LogP contribution < -0.4 is 0 Å². The molecule has 0 aromatic carbocycles. The van der Waals surface area contributed by atoms with Gasteiger partial charge in [-0.05, 0) is 42.9 Å². The summed E-state index contributed by atoms with van der Waals surface area (Å²) in [5, 5.41) is 0. The molecule has 1 aliphatic rings. The number of hydrogen-bond donors (Lipinski definition) is 0. The summed E-state index contributed by atoms with van der Waals surface area (Å²) in [4.78, 5) is 0. The van der Waals surface area contributed by atoms with E-state index in [-0.39, 0.29) is 0 Å². The lowest BCUT2D eigenvalue weighted by molar-refractivity contribution is 0.294. The van der Waals surface area contributed by atoms with Gasteiger partial charge < -0.3 is 0 Å². The van der Waals surface area contributed by atoms with E-state index in [1.54, 1.807) is 0 Å². The molecule has 1 saturated carbocycles. The molecule has 0 heteroatoms. The highest BCUT2D eigenvalue weighted by Gasteiger charge is 2.33. The van der Waals surface area contributed by atoms with Gasteiger partial charge in [0, 0.05) is 0 Å². The Kier molecular flexibility index (Phi) is 11.0. The number of allylic oxidation sites excluding steroid dienone is 1. The summed E-state index contributed by atoms with van der Waals surface area (Å²) < 4.78 is 0. The van der Waals surface area contributed by atoms with Gasteiger partial charge in [0.15, 0.2) is 0 Å². The molecule has 0 aromatic heterocycles. The number of rotatable bonds is 15. The maximum absolute atomic E-state index is 3.96. The van der Waals surface area contributed by atoms with E-state index >= 15 is 0 Å². The first kappa shape index (κ1) is 19.8. The average molecular weight is 307 g/mol. The highest BCUT2D eigenvalue weighted by molar-refractivity contribution is 4.88. The minimum atomic E-state index is 0.917. The lowest BCUT2D eigenvalue weighted by Gasteiger charge is -2.22. The van der Waals surface area contributed by atoms with Gasteiger partial charge in [0.2, 0.25) is 0 Å². The third kappa shape index (κ3) is 9.01. The zero-order chi connectivity index (χ0) is 16.2. The van der Waals surface area contributed by atoms with Gasteiger partial charge in [-0.15, -0.1) is 6.58 Å². The van der Waals surface area contributed by atoms with Crippen molar-refractivity contribution in [2.24, 2.45) is 23.7 Å². The van der Waals surface area contributed by atoms with Crippen molar-refractivity contribution in [3.05, 3.63) is 12.7 Å². The van der Waals surface area contributed by atoms with Crippen LogP contribution in [0.5, 0.6) is 0 Å². The van der Waals surface area contributed by atoms with Crippen molar-refractivity contribution >= 4 is 0 Å². The lowest BCUT2D eigenvalue weighted by atomic mass is 9.83. The molecule has 0 heterocycles. The van der Waals surface area contributed by atoms with E-state index in [9.17, 15) is 0 Å². The van der Waals surface area contributed by atoms with Crippen molar-refractivity contribution in [2.75, 3.05) is 0 Å². The van der Waals surface area contributed by atoms with Gasteiger partial charge in [-0.1, -0.05) is 91.1 Å². The number of hydrogen-bond acceptors (Lipinski definition) is 0. The SMILES string of the molecule is C=CCC(C(C)CCCCCCCCC(C)CCC)C1CC1. The van der Waals surface area contributed by atoms with Crippen LogP contribution in [0.1, 0.15) is 104 Å². The Labute approximate surface area is 141 Å². The fourth-order valence-corrected chi connectivity index (χ4v) is 4.12. The van der Waals surface area contributed by atoms with E-state index in [1.807, 2.05) is 0 Å². The summed E-state index contributed by atoms with van der Waals surface area (Å²) in [6.45, 7) is 11.2. The Balaban J connectivity index is 1.93. The molecule has 0 saturated heterocycles. The summed E-state index contributed by atoms with van der Waals surface area (Å²) in [5.41, 5.74) is 0. The summed E-state index contributed by atoms with van der Waals surface area (Å²) in [6.07, 6.45) is 20.8. The monoisotopic (exact) mass is 306 g/mol. The second-order valence-corrected chi connectivity index (χ2v) is 8.10. The molecule has 22 heavy (non-hydrogen) atoms. The highest BCUT2D eigenvalue weighted by atomic mass is 14.4. The molecular formula is C22H42. The smallest absolute Gasteiger partial charge is 0.0320 e. The van der Waals surface area contributed by atoms with Gasteiger partial charge >= 0.3 is 0 Å². The van der Waals surface area contributed by atoms with Crippen molar-refractivity contribution in [1.82, 2.24) is 0 Å². The summed E-state index contributed by atoms with van der Waals surface area (Å²) >= 11 is 0. The first-order valence-corrected chi connectivity index (χ1v) is 10.3. The Morgan fingerprint density at radius 2 is 1.50 bits per heavy atom. The standard InChI is InChI=1S/C22H42/c1-5-13-19(3)15-11-9-7-8-10-12-16-20(4)22(14-6-2)21-17-18-21/h6,19-22H,2,5,7-18H2,1,3-4H3. The topological polar surface area (TPSA) is 0 Å². The van der Waals surface area contributed by atoms with Gasteiger partial charge in [-0.3, -0.25) is 0 Å². The third-order valence-corrected chi connectivity index (χ3v) is 5.79. The van der Waals surface area contributed by atoms with Crippen LogP contribution in [0.3, 0.4) is 0 Å². The Morgan fingerprint density at radius 1 is 0.909 bits per heavy atom. The van der Waals surface area contributed by atoms with Crippen LogP contribution in [0.15, 0.2) is 12.7 Å². The van der Waals surface area contributed by atoms with Gasteiger partial charge in [-0.25, -0.2) is 0 Å². The molecule has 1 rings (SSSR count). The van der Waals surface area contributed by atoms with E-state index in [0.29, 0.717) is 0 Å². The van der Waals surface area contributed by atoms with Crippen LogP contribution in [-0.2, 0) is 0 Å². The van der Waals surface area contributed by atoms with E-state index in [1.165, 1.54) is 83.5 Å². The predicted octanol–water partition coefficient (Wildman–Crippen LogP) is 7.78. The van der Waals surface area contributed by atoms with Gasteiger partial charge in [-0.2, -0.15) is 0 Å². The van der Waals surface area contributed by atoms with E-state index in [0.717, 1.165) is 23.7 Å². The zero-order valence-corrected chi connectivity index (χ0v) is 15.8. The van der Waals surface area contributed by atoms with Crippen molar-refractivity contribution in [2.45, 2.75) is 104 Å². The minimum Gasteiger partial charge on any atom is -0.103 e. The highest BCUT2D eigenvalue weighted by Crippen LogP contribution is 2.43. The summed E-state index contributed by atoms with van der Waals surface area (Å²) in [6, 6.07) is 0. The fourth-order valence-electron chi connectivity index (χ4n) is 4.12. The van der Waals surface area contributed by atoms with E-state index < -0.39 is 0 Å². The molecule has 1 fully saturated rings. The van der Waals surface area contributed by atoms with Crippen molar-refractivity contribution in [1.29, 1.82) is 0 Å². The van der Waals surface area contributed by atoms with Crippen molar-refractivity contribution < 1.29 is 0 Å². The molecule has 0 N–H and O–H groups in total. The second-order valence-electron chi connectivity index (χ2n) is 8.10. The molecule has 0 aliphatic heterocycles. The Bertz CT molecular complexity index is 263. The molecule has 0 radical (unpaired) electrons. The lowest BCUT2D eigenvalue weighted by Crippen LogP contribution is -2.13. The average Bonchev–Trinajstić information content (AvgIpc) is 3.32. The van der Waals surface area contributed by atoms with Crippen LogP contribution in [0, 0.1) is 23.7 Å². The van der Waals surface area contributed by atoms with E-state index in [4.69, 9.17) is 0 Å². The minimum absolute atomic E-state index is 0.917. The normalized spacial score (nSPS) is 18.9. The quantitative estimate of drug-likeness (QED) is 0.214. The largest absolute Gasteiger partial charge is 0.103 e. The van der Waals surface area contributed by atoms with Crippen LogP contribution in [-0.4, -0.2) is 0 Å². The molecule has 130 valence electrons. The third-order valence-electron chi connectivity index (χ3n) is 5.79. The molecular weight excluding hydrogens is 264 g/mol.